The number of phenols is 2. The van der Waals surface area contributed by atoms with Gasteiger partial charge < -0.3 is 15.1 Å². The monoisotopic (exact) mass is 441 g/mol. The van der Waals surface area contributed by atoms with Crippen molar-refractivity contribution in [1.82, 2.24) is 4.90 Å². The van der Waals surface area contributed by atoms with E-state index in [0.29, 0.717) is 18.8 Å². The van der Waals surface area contributed by atoms with Gasteiger partial charge in [0.1, 0.15) is 11.5 Å². The second kappa shape index (κ2) is 9.95. The number of amides is 1. The molecule has 1 amide bonds. The maximum absolute atomic E-state index is 12.3. The Morgan fingerprint density at radius 1 is 0.909 bits per heavy atom. The zero-order valence-electron chi connectivity index (χ0n) is 19.2. The molecule has 1 aliphatic carbocycles. The van der Waals surface area contributed by atoms with E-state index >= 15 is 0 Å². The second-order valence-electron chi connectivity index (χ2n) is 8.61. The van der Waals surface area contributed by atoms with Crippen LogP contribution in [0.4, 0.5) is 0 Å². The van der Waals surface area contributed by atoms with E-state index in [4.69, 9.17) is 0 Å². The van der Waals surface area contributed by atoms with Gasteiger partial charge in [-0.05, 0) is 90.8 Å². The molecular formula is C29H31NO3. The lowest BCUT2D eigenvalue weighted by Crippen LogP contribution is -2.28. The first kappa shape index (κ1) is 22.7. The molecule has 170 valence electrons. The Labute approximate surface area is 195 Å². The number of phenolic OH excluding ortho intramolecular Hbond substituents is 2. The largest absolute Gasteiger partial charge is 0.508 e. The van der Waals surface area contributed by atoms with Crippen molar-refractivity contribution < 1.29 is 15.0 Å². The molecule has 2 N–H and O–H groups in total. The van der Waals surface area contributed by atoms with Crippen molar-refractivity contribution in [2.45, 2.75) is 38.5 Å². The lowest BCUT2D eigenvalue weighted by atomic mass is 9.69. The summed E-state index contributed by atoms with van der Waals surface area (Å²) in [5, 5.41) is 19.8. The fourth-order valence-corrected chi connectivity index (χ4v) is 4.92. The summed E-state index contributed by atoms with van der Waals surface area (Å²) in [6.45, 7) is 5.37. The van der Waals surface area contributed by atoms with Crippen LogP contribution in [-0.4, -0.2) is 34.1 Å². The molecule has 0 bridgehead atoms. The Kier molecular flexibility index (Phi) is 6.83. The topological polar surface area (TPSA) is 60.8 Å². The van der Waals surface area contributed by atoms with Crippen molar-refractivity contribution in [2.24, 2.45) is 0 Å². The Balaban J connectivity index is 1.66. The van der Waals surface area contributed by atoms with Gasteiger partial charge in [0.2, 0.25) is 5.91 Å². The van der Waals surface area contributed by atoms with E-state index in [1.807, 2.05) is 44.2 Å². The van der Waals surface area contributed by atoms with E-state index in [1.54, 1.807) is 29.2 Å². The Hall–Kier alpha value is -3.53. The summed E-state index contributed by atoms with van der Waals surface area (Å²) >= 11 is 0. The van der Waals surface area contributed by atoms with E-state index in [-0.39, 0.29) is 23.5 Å². The van der Waals surface area contributed by atoms with Crippen LogP contribution in [0.1, 0.15) is 59.9 Å². The smallest absolute Gasteiger partial charge is 0.246 e. The van der Waals surface area contributed by atoms with E-state index in [9.17, 15) is 15.0 Å². The lowest BCUT2D eigenvalue weighted by Gasteiger charge is -2.35. The molecule has 0 spiro atoms. The molecule has 1 aliphatic rings. The lowest BCUT2D eigenvalue weighted by molar-refractivity contribution is -0.125. The molecule has 0 saturated carbocycles. The highest BCUT2D eigenvalue weighted by Crippen LogP contribution is 2.47. The van der Waals surface area contributed by atoms with Gasteiger partial charge in [0.25, 0.3) is 0 Å². The van der Waals surface area contributed by atoms with E-state index in [0.717, 1.165) is 18.4 Å². The summed E-state index contributed by atoms with van der Waals surface area (Å²) < 4.78 is 0. The summed E-state index contributed by atoms with van der Waals surface area (Å²) in [7, 11) is 0. The number of carbonyl (C=O) groups excluding carboxylic acids is 1. The average Bonchev–Trinajstić information content (AvgIpc) is 2.83. The SMILES string of the molecule is CCN(CC)C(=O)C=Cc1ccc([C@@H]2c3ccc(O)cc3CC[C@@H]2c2ccc(O)cc2)cc1. The fourth-order valence-electron chi connectivity index (χ4n) is 4.92. The molecule has 0 unspecified atom stereocenters. The molecule has 4 nitrogen and oxygen atoms in total. The third-order valence-corrected chi connectivity index (χ3v) is 6.70. The van der Waals surface area contributed by atoms with Crippen molar-refractivity contribution in [2.75, 3.05) is 13.1 Å². The first-order chi connectivity index (χ1) is 16.0. The number of aromatic hydroxyl groups is 2. The van der Waals surface area contributed by atoms with Crippen molar-refractivity contribution in [3.63, 3.8) is 0 Å². The average molecular weight is 442 g/mol. The highest BCUT2D eigenvalue weighted by atomic mass is 16.3. The maximum Gasteiger partial charge on any atom is 0.246 e. The summed E-state index contributed by atoms with van der Waals surface area (Å²) in [6, 6.07) is 21.6. The zero-order chi connectivity index (χ0) is 23.4. The van der Waals surface area contributed by atoms with E-state index in [1.165, 1.54) is 22.3 Å². The van der Waals surface area contributed by atoms with Crippen molar-refractivity contribution in [3.8, 4) is 11.5 Å². The Bertz CT molecular complexity index is 1130. The highest BCUT2D eigenvalue weighted by molar-refractivity contribution is 5.91. The quantitative estimate of drug-likeness (QED) is 0.472. The number of rotatable bonds is 6. The van der Waals surface area contributed by atoms with Crippen LogP contribution in [0.2, 0.25) is 0 Å². The summed E-state index contributed by atoms with van der Waals surface area (Å²) in [4.78, 5) is 14.1. The molecule has 0 aliphatic heterocycles. The van der Waals surface area contributed by atoms with Crippen LogP contribution in [0, 0.1) is 0 Å². The molecule has 4 heteroatoms. The van der Waals surface area contributed by atoms with Gasteiger partial charge in [0.15, 0.2) is 0 Å². The van der Waals surface area contributed by atoms with Crippen LogP contribution in [0.15, 0.2) is 72.8 Å². The third-order valence-electron chi connectivity index (χ3n) is 6.70. The van der Waals surface area contributed by atoms with Crippen LogP contribution < -0.4 is 0 Å². The molecule has 0 aromatic heterocycles. The molecule has 0 saturated heterocycles. The van der Waals surface area contributed by atoms with Crippen molar-refractivity contribution in [1.29, 1.82) is 0 Å². The van der Waals surface area contributed by atoms with Crippen molar-refractivity contribution in [3.05, 3.63) is 101 Å². The molecule has 2 atom stereocenters. The molecule has 0 heterocycles. The molecule has 3 aromatic carbocycles. The van der Waals surface area contributed by atoms with Gasteiger partial charge in [-0.3, -0.25) is 4.79 Å². The van der Waals surface area contributed by atoms with Gasteiger partial charge in [0.05, 0.1) is 0 Å². The van der Waals surface area contributed by atoms with Gasteiger partial charge in [-0.15, -0.1) is 0 Å². The molecule has 4 rings (SSSR count). The van der Waals surface area contributed by atoms with Crippen LogP contribution in [0.25, 0.3) is 6.08 Å². The molecule has 0 fully saturated rings. The number of aryl methyl sites for hydroxylation is 1. The number of carbonyl (C=O) groups is 1. The number of hydrogen-bond donors (Lipinski definition) is 2. The number of hydrogen-bond acceptors (Lipinski definition) is 3. The first-order valence-electron chi connectivity index (χ1n) is 11.7. The third kappa shape index (κ3) is 4.95. The predicted molar refractivity (Wildman–Crippen MR) is 133 cm³/mol. The molecular weight excluding hydrogens is 410 g/mol. The first-order valence-corrected chi connectivity index (χ1v) is 11.7. The Morgan fingerprint density at radius 3 is 2.21 bits per heavy atom. The van der Waals surface area contributed by atoms with Crippen LogP contribution >= 0.6 is 0 Å². The van der Waals surface area contributed by atoms with Gasteiger partial charge in [0, 0.05) is 25.1 Å². The molecule has 33 heavy (non-hydrogen) atoms. The normalized spacial score (nSPS) is 17.6. The number of nitrogens with zero attached hydrogens (tertiary/aromatic N) is 1. The fraction of sp³-hybridized carbons (Fsp3) is 0.276. The highest BCUT2D eigenvalue weighted by Gasteiger charge is 2.32. The van der Waals surface area contributed by atoms with E-state index < -0.39 is 0 Å². The minimum Gasteiger partial charge on any atom is -0.508 e. The summed E-state index contributed by atoms with van der Waals surface area (Å²) in [5.41, 5.74) is 5.81. The zero-order valence-corrected chi connectivity index (χ0v) is 19.2. The Morgan fingerprint density at radius 2 is 1.55 bits per heavy atom. The van der Waals surface area contributed by atoms with E-state index in [2.05, 4.69) is 24.3 Å². The molecule has 3 aromatic rings. The van der Waals surface area contributed by atoms with Gasteiger partial charge >= 0.3 is 0 Å². The predicted octanol–water partition coefficient (Wildman–Crippen LogP) is 5.84. The summed E-state index contributed by atoms with van der Waals surface area (Å²) in [5.74, 6) is 1.01. The van der Waals surface area contributed by atoms with Crippen LogP contribution in [-0.2, 0) is 11.2 Å². The number of benzene rings is 3. The number of fused-ring (bicyclic) bond motifs is 1. The second-order valence-corrected chi connectivity index (χ2v) is 8.61. The standard InChI is InChI=1S/C29H31NO3/c1-3-30(4-2)28(33)18-7-20-5-8-22(9-6-20)29-26(21-10-13-24(31)14-11-21)16-12-23-19-25(32)15-17-27(23)29/h5-11,13-15,17-19,26,29,31-32H,3-4,12,16H2,1-2H3/t26-,29+/m1/s1. The van der Waals surface area contributed by atoms with Crippen molar-refractivity contribution >= 4 is 12.0 Å². The van der Waals surface area contributed by atoms with Crippen LogP contribution in [0.5, 0.6) is 11.5 Å². The number of likely N-dealkylation sites (N-methyl/N-ethyl adjacent to an activating group) is 1. The summed E-state index contributed by atoms with van der Waals surface area (Å²) in [6.07, 6.45) is 5.38. The van der Waals surface area contributed by atoms with Crippen LogP contribution in [0.3, 0.4) is 0 Å². The van der Waals surface area contributed by atoms with Gasteiger partial charge in [-0.2, -0.15) is 0 Å². The minimum absolute atomic E-state index is 0.0255. The van der Waals surface area contributed by atoms with Gasteiger partial charge in [-0.25, -0.2) is 0 Å². The maximum atomic E-state index is 12.3. The molecule has 0 radical (unpaired) electrons. The minimum atomic E-state index is 0.0255. The van der Waals surface area contributed by atoms with Gasteiger partial charge in [-0.1, -0.05) is 42.5 Å².